The molecule has 28 heavy (non-hydrogen) atoms. The summed E-state index contributed by atoms with van der Waals surface area (Å²) in [5.74, 6) is 0.726. The number of amides is 1. The summed E-state index contributed by atoms with van der Waals surface area (Å²) in [5, 5.41) is 9.23. The van der Waals surface area contributed by atoms with E-state index in [-0.39, 0.29) is 18.4 Å². The van der Waals surface area contributed by atoms with Crippen molar-refractivity contribution in [3.63, 3.8) is 0 Å². The fourth-order valence-electron chi connectivity index (χ4n) is 2.85. The van der Waals surface area contributed by atoms with E-state index in [1.165, 1.54) is 24.3 Å². The number of aromatic nitrogens is 1. The maximum absolute atomic E-state index is 12.5. The number of likely N-dealkylation sites (tertiary alicyclic amines) is 1. The van der Waals surface area contributed by atoms with E-state index < -0.39 is 17.8 Å². The minimum atomic E-state index is -4.46. The highest BCUT2D eigenvalue weighted by Gasteiger charge is 2.30. The van der Waals surface area contributed by atoms with E-state index in [4.69, 9.17) is 9.47 Å². The van der Waals surface area contributed by atoms with Crippen LogP contribution in [0.2, 0.25) is 0 Å². The maximum atomic E-state index is 12.5. The van der Waals surface area contributed by atoms with Crippen molar-refractivity contribution in [2.75, 3.05) is 19.7 Å². The van der Waals surface area contributed by atoms with E-state index >= 15 is 0 Å². The summed E-state index contributed by atoms with van der Waals surface area (Å²) in [4.78, 5) is 17.4. The van der Waals surface area contributed by atoms with Gasteiger partial charge in [-0.3, -0.25) is 0 Å². The Morgan fingerprint density at radius 2 is 1.89 bits per heavy atom. The van der Waals surface area contributed by atoms with Gasteiger partial charge in [-0.15, -0.1) is 0 Å². The SMILES string of the molecule is O=C(Oc1ccc(Oc2ccc(C(F)(F)F)cn2)cc1)N1CCCC(CO)C1. The van der Waals surface area contributed by atoms with Gasteiger partial charge in [0, 0.05) is 32.0 Å². The highest BCUT2D eigenvalue weighted by Crippen LogP contribution is 2.30. The Kier molecular flexibility index (Phi) is 6.03. The maximum Gasteiger partial charge on any atom is 0.417 e. The summed E-state index contributed by atoms with van der Waals surface area (Å²) in [6, 6.07) is 8.10. The first-order chi connectivity index (χ1) is 13.3. The van der Waals surface area contributed by atoms with Crippen molar-refractivity contribution in [2.24, 2.45) is 5.92 Å². The summed E-state index contributed by atoms with van der Waals surface area (Å²) in [6.45, 7) is 1.07. The summed E-state index contributed by atoms with van der Waals surface area (Å²) in [5.41, 5.74) is -0.858. The number of halogens is 3. The first-order valence-electron chi connectivity index (χ1n) is 8.74. The first-order valence-corrected chi connectivity index (χ1v) is 8.74. The van der Waals surface area contributed by atoms with Crippen molar-refractivity contribution < 1.29 is 32.5 Å². The molecule has 0 aliphatic carbocycles. The number of pyridine rings is 1. The standard InChI is InChI=1S/C19H19F3N2O4/c20-19(21,22)14-3-8-17(23-10-14)27-15-4-6-16(7-5-15)28-18(26)24-9-1-2-13(11-24)12-25/h3-8,10,13,25H,1-2,9,11-12H2. The van der Waals surface area contributed by atoms with E-state index in [0.29, 0.717) is 30.8 Å². The van der Waals surface area contributed by atoms with Crippen molar-refractivity contribution in [1.82, 2.24) is 9.88 Å². The fraction of sp³-hybridized carbons (Fsp3) is 0.368. The van der Waals surface area contributed by atoms with E-state index in [0.717, 1.165) is 25.0 Å². The number of benzene rings is 1. The van der Waals surface area contributed by atoms with Gasteiger partial charge in [-0.1, -0.05) is 0 Å². The number of hydrogen-bond acceptors (Lipinski definition) is 5. The molecule has 2 aromatic rings. The Balaban J connectivity index is 1.57. The molecule has 1 saturated heterocycles. The van der Waals surface area contributed by atoms with Crippen LogP contribution in [-0.4, -0.2) is 40.8 Å². The lowest BCUT2D eigenvalue weighted by Gasteiger charge is -2.30. The molecule has 1 aliphatic heterocycles. The van der Waals surface area contributed by atoms with E-state index in [1.807, 2.05) is 0 Å². The second-order valence-corrected chi connectivity index (χ2v) is 6.46. The van der Waals surface area contributed by atoms with Crippen LogP contribution in [0.3, 0.4) is 0 Å². The molecule has 1 aliphatic rings. The van der Waals surface area contributed by atoms with Gasteiger partial charge >= 0.3 is 12.3 Å². The van der Waals surface area contributed by atoms with Crippen LogP contribution in [0.4, 0.5) is 18.0 Å². The predicted octanol–water partition coefficient (Wildman–Crippen LogP) is 4.10. The highest BCUT2D eigenvalue weighted by molar-refractivity contribution is 5.70. The van der Waals surface area contributed by atoms with E-state index in [9.17, 15) is 23.1 Å². The molecule has 0 radical (unpaired) electrons. The molecule has 0 saturated carbocycles. The van der Waals surface area contributed by atoms with Gasteiger partial charge in [0.25, 0.3) is 0 Å². The lowest BCUT2D eigenvalue weighted by Crippen LogP contribution is -2.42. The van der Waals surface area contributed by atoms with Gasteiger partial charge in [0.1, 0.15) is 11.5 Å². The lowest BCUT2D eigenvalue weighted by atomic mass is 10.00. The number of rotatable bonds is 4. The zero-order chi connectivity index (χ0) is 20.1. The number of hydrogen-bond donors (Lipinski definition) is 1. The number of carbonyl (C=O) groups is 1. The van der Waals surface area contributed by atoms with Crippen LogP contribution in [0, 0.1) is 5.92 Å². The Morgan fingerprint density at radius 3 is 2.50 bits per heavy atom. The topological polar surface area (TPSA) is 71.9 Å². The van der Waals surface area contributed by atoms with Crippen molar-refractivity contribution in [3.8, 4) is 17.4 Å². The van der Waals surface area contributed by atoms with Gasteiger partial charge in [-0.05, 0) is 49.1 Å². The number of carbonyl (C=O) groups excluding carboxylic acids is 1. The van der Waals surface area contributed by atoms with Gasteiger partial charge in [0.2, 0.25) is 5.88 Å². The minimum absolute atomic E-state index is 0.0149. The quantitative estimate of drug-likeness (QED) is 0.843. The highest BCUT2D eigenvalue weighted by atomic mass is 19.4. The molecule has 1 amide bonds. The van der Waals surface area contributed by atoms with Gasteiger partial charge in [-0.25, -0.2) is 9.78 Å². The summed E-state index contributed by atoms with van der Waals surface area (Å²) in [6.07, 6.45) is -2.56. The number of piperidine rings is 1. The van der Waals surface area contributed by atoms with Gasteiger partial charge in [0.15, 0.2) is 0 Å². The Hall–Kier alpha value is -2.81. The second-order valence-electron chi connectivity index (χ2n) is 6.46. The molecule has 1 fully saturated rings. The minimum Gasteiger partial charge on any atom is -0.439 e. The molecule has 9 heteroatoms. The van der Waals surface area contributed by atoms with Crippen LogP contribution in [0.5, 0.6) is 17.4 Å². The third kappa shape index (κ3) is 5.13. The Labute approximate surface area is 159 Å². The Morgan fingerprint density at radius 1 is 1.18 bits per heavy atom. The largest absolute Gasteiger partial charge is 0.439 e. The summed E-state index contributed by atoms with van der Waals surface area (Å²) >= 11 is 0. The molecule has 1 unspecified atom stereocenters. The van der Waals surface area contributed by atoms with Crippen molar-refractivity contribution in [1.29, 1.82) is 0 Å². The fourth-order valence-corrected chi connectivity index (χ4v) is 2.85. The number of aliphatic hydroxyl groups is 1. The first kappa shape index (κ1) is 19.9. The molecule has 3 rings (SSSR count). The van der Waals surface area contributed by atoms with Crippen molar-refractivity contribution >= 4 is 6.09 Å². The molecule has 1 aromatic heterocycles. The van der Waals surface area contributed by atoms with Crippen LogP contribution >= 0.6 is 0 Å². The van der Waals surface area contributed by atoms with Crippen LogP contribution in [-0.2, 0) is 6.18 Å². The zero-order valence-electron chi connectivity index (χ0n) is 14.9. The smallest absolute Gasteiger partial charge is 0.417 e. The number of aliphatic hydroxyl groups excluding tert-OH is 1. The predicted molar refractivity (Wildman–Crippen MR) is 93.2 cm³/mol. The number of alkyl halides is 3. The molecule has 0 bridgehead atoms. The molecular formula is C19H19F3N2O4. The molecule has 0 spiro atoms. The van der Waals surface area contributed by atoms with Crippen LogP contribution in [0.1, 0.15) is 18.4 Å². The molecule has 150 valence electrons. The van der Waals surface area contributed by atoms with E-state index in [1.54, 1.807) is 4.90 Å². The normalized spacial score (nSPS) is 17.3. The molecular weight excluding hydrogens is 377 g/mol. The van der Waals surface area contributed by atoms with Gasteiger partial charge < -0.3 is 19.5 Å². The van der Waals surface area contributed by atoms with E-state index in [2.05, 4.69) is 4.98 Å². The Bertz CT molecular complexity index is 794. The molecule has 6 nitrogen and oxygen atoms in total. The van der Waals surface area contributed by atoms with Gasteiger partial charge in [0.05, 0.1) is 5.56 Å². The third-order valence-corrected chi connectivity index (χ3v) is 4.35. The van der Waals surface area contributed by atoms with Crippen LogP contribution < -0.4 is 9.47 Å². The van der Waals surface area contributed by atoms with Crippen LogP contribution in [0.25, 0.3) is 0 Å². The van der Waals surface area contributed by atoms with Crippen molar-refractivity contribution in [3.05, 3.63) is 48.2 Å². The second kappa shape index (κ2) is 8.47. The lowest BCUT2D eigenvalue weighted by molar-refractivity contribution is -0.137. The summed E-state index contributed by atoms with van der Waals surface area (Å²) in [7, 11) is 0. The monoisotopic (exact) mass is 396 g/mol. The molecule has 2 heterocycles. The van der Waals surface area contributed by atoms with Gasteiger partial charge in [-0.2, -0.15) is 13.2 Å². The van der Waals surface area contributed by atoms with Crippen molar-refractivity contribution in [2.45, 2.75) is 19.0 Å². The van der Waals surface area contributed by atoms with Crippen LogP contribution in [0.15, 0.2) is 42.6 Å². The number of nitrogens with zero attached hydrogens (tertiary/aromatic N) is 2. The zero-order valence-corrected chi connectivity index (χ0v) is 14.9. The molecule has 1 atom stereocenters. The summed E-state index contributed by atoms with van der Waals surface area (Å²) < 4.78 is 48.3. The third-order valence-electron chi connectivity index (χ3n) is 4.35. The number of ether oxygens (including phenoxy) is 2. The molecule has 1 aromatic carbocycles. The average molecular weight is 396 g/mol. The molecule has 1 N–H and O–H groups in total. The average Bonchev–Trinajstić information content (AvgIpc) is 2.69.